The molecule has 2 aromatic heterocycles. The van der Waals surface area contributed by atoms with E-state index < -0.39 is 23.9 Å². The molecule has 0 radical (unpaired) electrons. The van der Waals surface area contributed by atoms with Crippen LogP contribution < -0.4 is 5.32 Å². The summed E-state index contributed by atoms with van der Waals surface area (Å²) in [5.41, 5.74) is 0.788. The number of halogens is 3. The maximum atomic E-state index is 12.7. The summed E-state index contributed by atoms with van der Waals surface area (Å²) in [4.78, 5) is 42.1. The molecule has 0 bridgehead atoms. The van der Waals surface area contributed by atoms with E-state index in [4.69, 9.17) is 44.3 Å². The lowest BCUT2D eigenvalue weighted by atomic mass is 10.1. The first-order chi connectivity index (χ1) is 15.7. The average molecular weight is 528 g/mol. The molecule has 11 heteroatoms. The number of nitrogens with one attached hydrogen (secondary N) is 1. The second-order valence-corrected chi connectivity index (χ2v) is 8.77. The van der Waals surface area contributed by atoms with E-state index >= 15 is 0 Å². The number of carbonyl (C=O) groups excluding carboxylic acids is 3. The van der Waals surface area contributed by atoms with Gasteiger partial charge in [0.15, 0.2) is 11.8 Å². The minimum atomic E-state index is -1.23. The van der Waals surface area contributed by atoms with Gasteiger partial charge >= 0.3 is 11.9 Å². The second kappa shape index (κ2) is 11.0. The first kappa shape index (κ1) is 25.0. The van der Waals surface area contributed by atoms with Crippen molar-refractivity contribution < 1.29 is 23.9 Å². The van der Waals surface area contributed by atoms with Crippen LogP contribution in [0.1, 0.15) is 34.7 Å². The van der Waals surface area contributed by atoms with Crippen molar-refractivity contribution in [3.05, 3.63) is 68.9 Å². The van der Waals surface area contributed by atoms with Crippen molar-refractivity contribution in [2.24, 2.45) is 0 Å². The largest absolute Gasteiger partial charge is 0.462 e. The number of thiophene rings is 1. The minimum absolute atomic E-state index is 0.0523. The smallest absolute Gasteiger partial charge is 0.359 e. The number of hydrogen-bond donors (Lipinski definition) is 1. The predicted molar refractivity (Wildman–Crippen MR) is 128 cm³/mol. The summed E-state index contributed by atoms with van der Waals surface area (Å²) in [6, 6.07) is 11.0. The lowest BCUT2D eigenvalue weighted by Crippen LogP contribution is -2.30. The fourth-order valence-corrected chi connectivity index (χ4v) is 4.27. The summed E-state index contributed by atoms with van der Waals surface area (Å²) in [5, 5.41) is 2.74. The Morgan fingerprint density at radius 3 is 2.45 bits per heavy atom. The normalized spacial score (nSPS) is 11.5. The van der Waals surface area contributed by atoms with Crippen molar-refractivity contribution in [1.29, 1.82) is 0 Å². The summed E-state index contributed by atoms with van der Waals surface area (Å²) in [6.45, 7) is 3.23. The van der Waals surface area contributed by atoms with E-state index in [1.807, 2.05) is 30.3 Å². The van der Waals surface area contributed by atoms with E-state index in [1.165, 1.54) is 18.3 Å². The van der Waals surface area contributed by atoms with Gasteiger partial charge in [-0.3, -0.25) is 4.79 Å². The quantitative estimate of drug-likeness (QED) is 0.371. The molecule has 1 amide bonds. The number of pyridine rings is 1. The van der Waals surface area contributed by atoms with Gasteiger partial charge in [0.05, 0.1) is 27.2 Å². The summed E-state index contributed by atoms with van der Waals surface area (Å²) in [7, 11) is 0. The van der Waals surface area contributed by atoms with E-state index in [2.05, 4.69) is 10.3 Å². The molecule has 1 unspecified atom stereocenters. The van der Waals surface area contributed by atoms with Crippen LogP contribution in [0.4, 0.5) is 5.00 Å². The molecule has 7 nitrogen and oxygen atoms in total. The number of anilines is 1. The van der Waals surface area contributed by atoms with Crippen LogP contribution >= 0.6 is 46.1 Å². The van der Waals surface area contributed by atoms with Crippen LogP contribution in [0.25, 0.3) is 10.4 Å². The van der Waals surface area contributed by atoms with E-state index in [1.54, 1.807) is 13.0 Å². The molecule has 3 aromatic rings. The Morgan fingerprint density at radius 1 is 1.09 bits per heavy atom. The molecule has 0 fully saturated rings. The number of hydrogen-bond acceptors (Lipinski definition) is 7. The number of amides is 1. The highest BCUT2D eigenvalue weighted by molar-refractivity contribution is 7.20. The fraction of sp³-hybridized carbons (Fsp3) is 0.182. The van der Waals surface area contributed by atoms with Crippen LogP contribution in [0, 0.1) is 0 Å². The third kappa shape index (κ3) is 5.83. The molecule has 2 heterocycles. The lowest BCUT2D eigenvalue weighted by molar-refractivity contribution is -0.123. The van der Waals surface area contributed by atoms with Gasteiger partial charge in [0, 0.05) is 11.1 Å². The number of rotatable bonds is 7. The van der Waals surface area contributed by atoms with Crippen molar-refractivity contribution in [2.45, 2.75) is 20.0 Å². The number of nitrogens with zero attached hydrogens (tertiary/aromatic N) is 1. The molecular formula is C22H17Cl3N2O5S. The Kier molecular flexibility index (Phi) is 8.31. The Hall–Kier alpha value is -2.65. The van der Waals surface area contributed by atoms with Crippen LogP contribution in [0.3, 0.4) is 0 Å². The van der Waals surface area contributed by atoms with Gasteiger partial charge in [-0.25, -0.2) is 14.6 Å². The topological polar surface area (TPSA) is 94.6 Å². The molecular weight excluding hydrogens is 511 g/mol. The van der Waals surface area contributed by atoms with Gasteiger partial charge in [-0.05, 0) is 25.5 Å². The molecule has 0 aliphatic carbocycles. The first-order valence-corrected chi connectivity index (χ1v) is 11.6. The fourth-order valence-electron chi connectivity index (χ4n) is 2.66. The summed E-state index contributed by atoms with van der Waals surface area (Å²) < 4.78 is 10.3. The van der Waals surface area contributed by atoms with Crippen LogP contribution in [0.15, 0.2) is 42.6 Å². The zero-order valence-electron chi connectivity index (χ0n) is 17.4. The van der Waals surface area contributed by atoms with Gasteiger partial charge in [0.2, 0.25) is 0 Å². The molecule has 0 aliphatic rings. The Morgan fingerprint density at radius 2 is 1.79 bits per heavy atom. The van der Waals surface area contributed by atoms with Gasteiger partial charge in [-0.15, -0.1) is 11.3 Å². The third-order valence-corrected chi connectivity index (χ3v) is 6.63. The summed E-state index contributed by atoms with van der Waals surface area (Å²) >= 11 is 18.9. The van der Waals surface area contributed by atoms with Gasteiger partial charge in [-0.2, -0.15) is 0 Å². The number of aromatic nitrogens is 1. The molecule has 0 spiro atoms. The molecule has 0 saturated carbocycles. The zero-order chi connectivity index (χ0) is 24.1. The minimum Gasteiger partial charge on any atom is -0.462 e. The summed E-state index contributed by atoms with van der Waals surface area (Å²) in [6.07, 6.45) is -0.0819. The van der Waals surface area contributed by atoms with Crippen molar-refractivity contribution in [1.82, 2.24) is 4.98 Å². The van der Waals surface area contributed by atoms with Crippen LogP contribution in [-0.4, -0.2) is 35.5 Å². The van der Waals surface area contributed by atoms with E-state index in [9.17, 15) is 14.4 Å². The van der Waals surface area contributed by atoms with E-state index in [0.29, 0.717) is 0 Å². The van der Waals surface area contributed by atoms with Crippen molar-refractivity contribution in [3.8, 4) is 10.4 Å². The van der Waals surface area contributed by atoms with Crippen molar-refractivity contribution >= 4 is 69.0 Å². The molecule has 1 N–H and O–H groups in total. The van der Waals surface area contributed by atoms with Crippen molar-refractivity contribution in [2.75, 3.05) is 11.9 Å². The van der Waals surface area contributed by atoms with Gasteiger partial charge in [0.25, 0.3) is 5.91 Å². The lowest BCUT2D eigenvalue weighted by Gasteiger charge is -2.14. The monoisotopic (exact) mass is 526 g/mol. The Bertz CT molecular complexity index is 1200. The highest BCUT2D eigenvalue weighted by atomic mass is 35.5. The second-order valence-electron chi connectivity index (χ2n) is 6.56. The molecule has 33 heavy (non-hydrogen) atoms. The Labute approximate surface area is 208 Å². The van der Waals surface area contributed by atoms with Gasteiger partial charge < -0.3 is 14.8 Å². The molecule has 0 aliphatic heterocycles. The molecule has 1 aromatic carbocycles. The maximum absolute atomic E-state index is 12.7. The predicted octanol–water partition coefficient (Wildman–Crippen LogP) is 6.13. The highest BCUT2D eigenvalue weighted by Gasteiger charge is 2.26. The molecule has 3 rings (SSSR count). The first-order valence-electron chi connectivity index (χ1n) is 9.60. The van der Waals surface area contributed by atoms with E-state index in [-0.39, 0.29) is 37.9 Å². The summed E-state index contributed by atoms with van der Waals surface area (Å²) in [5.74, 6) is -2.20. The molecule has 172 valence electrons. The zero-order valence-corrected chi connectivity index (χ0v) is 20.4. The van der Waals surface area contributed by atoms with Crippen LogP contribution in [-0.2, 0) is 14.3 Å². The Balaban J connectivity index is 1.79. The van der Waals surface area contributed by atoms with Gasteiger partial charge in [0.1, 0.15) is 5.00 Å². The number of esters is 2. The number of benzene rings is 1. The van der Waals surface area contributed by atoms with E-state index in [0.717, 1.165) is 16.6 Å². The number of carbonyl (C=O) groups is 3. The average Bonchev–Trinajstić information content (AvgIpc) is 3.22. The maximum Gasteiger partial charge on any atom is 0.359 e. The van der Waals surface area contributed by atoms with Crippen LogP contribution in [0.5, 0.6) is 0 Å². The number of ether oxygens (including phenoxy) is 2. The molecule has 1 atom stereocenters. The van der Waals surface area contributed by atoms with Crippen molar-refractivity contribution in [3.63, 3.8) is 0 Å². The third-order valence-electron chi connectivity index (χ3n) is 4.29. The SMILES string of the molecule is CCOC(=O)c1cc(-c2ccccc2)sc1NC(=O)C(C)OC(=O)c1ncc(Cl)c(Cl)c1Cl. The highest BCUT2D eigenvalue weighted by Crippen LogP contribution is 2.36. The van der Waals surface area contributed by atoms with Gasteiger partial charge in [-0.1, -0.05) is 65.1 Å². The standard InChI is InChI=1S/C22H17Cl3N2O5S/c1-3-31-21(29)13-9-15(12-7-5-4-6-8-12)33-20(13)27-19(28)11(2)32-22(30)18-17(25)16(24)14(23)10-26-18/h4-11H,3H2,1-2H3,(H,27,28). The molecule has 0 saturated heterocycles. The van der Waals surface area contributed by atoms with Crippen LogP contribution in [0.2, 0.25) is 15.1 Å².